The number of ether oxygens (including phenoxy) is 1. The number of carbonyl (C=O) groups excluding carboxylic acids is 3. The molecule has 0 aliphatic carbocycles. The van der Waals surface area contributed by atoms with Crippen LogP contribution in [0.5, 0.6) is 0 Å². The van der Waals surface area contributed by atoms with Crippen molar-refractivity contribution in [2.24, 2.45) is 0 Å². The van der Waals surface area contributed by atoms with Gasteiger partial charge >= 0.3 is 5.97 Å². The molecule has 12 nitrogen and oxygen atoms in total. The first kappa shape index (κ1) is 29.1. The van der Waals surface area contributed by atoms with Gasteiger partial charge in [-0.05, 0) is 67.4 Å². The number of esters is 1. The van der Waals surface area contributed by atoms with Gasteiger partial charge in [0.15, 0.2) is 5.76 Å². The van der Waals surface area contributed by atoms with Gasteiger partial charge in [0.2, 0.25) is 0 Å². The van der Waals surface area contributed by atoms with Crippen LogP contribution in [0.4, 0.5) is 17.1 Å². The quantitative estimate of drug-likeness (QED) is 0.0768. The van der Waals surface area contributed by atoms with Gasteiger partial charge in [0, 0.05) is 74.7 Å². The summed E-state index contributed by atoms with van der Waals surface area (Å²) < 4.78 is 11.0. The normalized spacial score (nSPS) is 14.3. The molecule has 1 aliphatic rings. The number of hydrogen-bond acceptors (Lipinski definition) is 7. The number of non-ortho nitro benzene ring substituents is 1. The molecule has 232 valence electrons. The molecular weight excluding hydrogens is 614 g/mol. The number of H-pyrrole nitrogens is 2. The molecule has 2 amide bonds. The van der Waals surface area contributed by atoms with Crippen LogP contribution >= 0.6 is 11.6 Å². The van der Waals surface area contributed by atoms with Crippen molar-refractivity contribution in [3.63, 3.8) is 0 Å². The van der Waals surface area contributed by atoms with E-state index in [2.05, 4.69) is 15.3 Å². The van der Waals surface area contributed by atoms with E-state index in [0.29, 0.717) is 56.4 Å². The SMILES string of the molecule is COC(=O)c1c(C)[nH]c2c(C)cc3c(c12)[C@H](CCl)CN3C(=O)c1cc2cc(NC(=O)c3cc4cc([N+](=O)[O-])ccc4[nH]3)ccc2o1. The summed E-state index contributed by atoms with van der Waals surface area (Å²) in [6.07, 6.45) is 0. The first-order chi connectivity index (χ1) is 22.1. The number of rotatable bonds is 6. The molecule has 3 aromatic carbocycles. The van der Waals surface area contributed by atoms with Crippen LogP contribution in [0, 0.1) is 24.0 Å². The second-order valence-electron chi connectivity index (χ2n) is 11.3. The Morgan fingerprint density at radius 1 is 1.09 bits per heavy atom. The van der Waals surface area contributed by atoms with Crippen LogP contribution in [0.2, 0.25) is 0 Å². The summed E-state index contributed by atoms with van der Waals surface area (Å²) in [4.78, 5) is 58.2. The Balaban J connectivity index is 1.19. The average Bonchev–Trinajstić information content (AvgIpc) is 3.81. The maximum Gasteiger partial charge on any atom is 0.340 e. The van der Waals surface area contributed by atoms with E-state index in [0.717, 1.165) is 16.6 Å². The van der Waals surface area contributed by atoms with Gasteiger partial charge in [0.25, 0.3) is 17.5 Å². The number of nitro groups is 1. The average molecular weight is 640 g/mol. The molecule has 6 aromatic rings. The van der Waals surface area contributed by atoms with Crippen LogP contribution in [-0.4, -0.2) is 52.2 Å². The van der Waals surface area contributed by atoms with Gasteiger partial charge in [-0.2, -0.15) is 0 Å². The minimum atomic E-state index is -0.493. The Kier molecular flexibility index (Phi) is 6.82. The Morgan fingerprint density at radius 2 is 1.89 bits per heavy atom. The summed E-state index contributed by atoms with van der Waals surface area (Å²) in [5.74, 6) is -1.17. The van der Waals surface area contributed by atoms with Gasteiger partial charge < -0.3 is 29.3 Å². The Hall–Kier alpha value is -5.62. The molecule has 7 rings (SSSR count). The molecule has 0 saturated carbocycles. The monoisotopic (exact) mass is 639 g/mol. The Morgan fingerprint density at radius 3 is 2.63 bits per heavy atom. The van der Waals surface area contributed by atoms with Crippen molar-refractivity contribution in [1.82, 2.24) is 9.97 Å². The summed E-state index contributed by atoms with van der Waals surface area (Å²) in [5.41, 5.74) is 5.89. The zero-order valence-corrected chi connectivity index (χ0v) is 25.6. The van der Waals surface area contributed by atoms with Gasteiger partial charge in [-0.1, -0.05) is 0 Å². The van der Waals surface area contributed by atoms with E-state index in [1.807, 2.05) is 19.9 Å². The van der Waals surface area contributed by atoms with Crippen molar-refractivity contribution in [2.45, 2.75) is 19.8 Å². The highest BCUT2D eigenvalue weighted by Crippen LogP contribution is 2.45. The second-order valence-corrected chi connectivity index (χ2v) is 11.6. The molecule has 0 spiro atoms. The number of aromatic nitrogens is 2. The third-order valence-corrected chi connectivity index (χ3v) is 8.82. The van der Waals surface area contributed by atoms with Gasteiger partial charge in [-0.15, -0.1) is 11.6 Å². The number of carbonyl (C=O) groups is 3. The van der Waals surface area contributed by atoms with E-state index in [4.69, 9.17) is 20.8 Å². The lowest BCUT2D eigenvalue weighted by Gasteiger charge is -2.17. The van der Waals surface area contributed by atoms with Crippen LogP contribution in [0.15, 0.2) is 59.0 Å². The molecule has 46 heavy (non-hydrogen) atoms. The van der Waals surface area contributed by atoms with E-state index < -0.39 is 16.8 Å². The van der Waals surface area contributed by atoms with Gasteiger partial charge in [0.1, 0.15) is 11.3 Å². The summed E-state index contributed by atoms with van der Waals surface area (Å²) in [7, 11) is 1.33. The number of aromatic amines is 2. The topological polar surface area (TPSA) is 164 Å². The molecular formula is C33H26ClN5O7. The third-order valence-electron chi connectivity index (χ3n) is 8.45. The number of amides is 2. The summed E-state index contributed by atoms with van der Waals surface area (Å²) in [6.45, 7) is 4.02. The van der Waals surface area contributed by atoms with Gasteiger partial charge in [0.05, 0.1) is 17.6 Å². The molecule has 0 saturated heterocycles. The standard InChI is InChI=1S/C33H26ClN5O7/c1-15-8-24-28(29-27(33(42)45-3)16(2)35-30(15)29)19(13-34)14-38(24)32(41)26-12-18-9-20(4-7-25(18)46-26)36-31(40)23-11-17-10-21(39(43)44)5-6-22(17)37-23/h4-12,19,35,37H,13-14H2,1-3H3,(H,36,40)/t19-/m1/s1. The Labute approximate surface area is 265 Å². The summed E-state index contributed by atoms with van der Waals surface area (Å²) in [6, 6.07) is 14.4. The van der Waals surface area contributed by atoms with Crippen LogP contribution in [0.25, 0.3) is 32.8 Å². The number of fused-ring (bicyclic) bond motifs is 5. The van der Waals surface area contributed by atoms with Crippen LogP contribution < -0.4 is 10.2 Å². The number of furan rings is 1. The van der Waals surface area contributed by atoms with Crippen molar-refractivity contribution in [3.8, 4) is 0 Å². The maximum absolute atomic E-state index is 13.9. The minimum absolute atomic E-state index is 0.0706. The molecule has 0 radical (unpaired) electrons. The molecule has 0 unspecified atom stereocenters. The number of anilines is 2. The largest absolute Gasteiger partial charge is 0.465 e. The number of halogens is 1. The van der Waals surface area contributed by atoms with E-state index in [1.54, 1.807) is 41.3 Å². The van der Waals surface area contributed by atoms with Crippen molar-refractivity contribution < 1.29 is 28.5 Å². The van der Waals surface area contributed by atoms with Crippen LogP contribution in [-0.2, 0) is 4.74 Å². The first-order valence-corrected chi connectivity index (χ1v) is 14.9. The molecule has 0 bridgehead atoms. The van der Waals surface area contributed by atoms with Crippen molar-refractivity contribution in [3.05, 3.63) is 98.6 Å². The minimum Gasteiger partial charge on any atom is -0.465 e. The smallest absolute Gasteiger partial charge is 0.340 e. The second kappa shape index (κ2) is 10.8. The lowest BCUT2D eigenvalue weighted by Crippen LogP contribution is -2.29. The molecule has 3 aromatic heterocycles. The fourth-order valence-corrected chi connectivity index (χ4v) is 6.56. The number of alkyl halides is 1. The number of methoxy groups -OCH3 is 1. The molecule has 0 fully saturated rings. The van der Waals surface area contributed by atoms with Crippen molar-refractivity contribution in [1.29, 1.82) is 0 Å². The number of nitro benzene ring substituents is 1. The zero-order valence-electron chi connectivity index (χ0n) is 24.8. The van der Waals surface area contributed by atoms with Crippen molar-refractivity contribution in [2.75, 3.05) is 29.8 Å². The molecule has 3 N–H and O–H groups in total. The van der Waals surface area contributed by atoms with Crippen molar-refractivity contribution >= 4 is 79.2 Å². The highest BCUT2D eigenvalue weighted by atomic mass is 35.5. The molecule has 1 aliphatic heterocycles. The first-order valence-electron chi connectivity index (χ1n) is 14.3. The lowest BCUT2D eigenvalue weighted by atomic mass is 9.94. The summed E-state index contributed by atoms with van der Waals surface area (Å²) in [5, 5.41) is 15.8. The highest BCUT2D eigenvalue weighted by molar-refractivity contribution is 6.20. The maximum atomic E-state index is 13.9. The highest BCUT2D eigenvalue weighted by Gasteiger charge is 2.38. The fraction of sp³-hybridized carbons (Fsp3) is 0.182. The molecule has 4 heterocycles. The summed E-state index contributed by atoms with van der Waals surface area (Å²) >= 11 is 6.42. The van der Waals surface area contributed by atoms with E-state index in [9.17, 15) is 24.5 Å². The number of nitrogens with one attached hydrogen (secondary N) is 3. The molecule has 1 atom stereocenters. The number of nitrogens with zero attached hydrogens (tertiary/aromatic N) is 2. The third kappa shape index (κ3) is 4.57. The van der Waals surface area contributed by atoms with Gasteiger partial charge in [-0.3, -0.25) is 19.7 Å². The number of benzene rings is 3. The predicted octanol–water partition coefficient (Wildman–Crippen LogP) is 6.94. The van der Waals surface area contributed by atoms with E-state index >= 15 is 0 Å². The fourth-order valence-electron chi connectivity index (χ4n) is 6.31. The zero-order chi connectivity index (χ0) is 32.4. The Bertz CT molecular complexity index is 2280. The van der Waals surface area contributed by atoms with E-state index in [1.165, 1.54) is 19.2 Å². The van der Waals surface area contributed by atoms with Crippen LogP contribution in [0.3, 0.4) is 0 Å². The number of hydrogen-bond donors (Lipinski definition) is 3. The van der Waals surface area contributed by atoms with E-state index in [-0.39, 0.29) is 34.8 Å². The van der Waals surface area contributed by atoms with Crippen LogP contribution in [0.1, 0.15) is 54.1 Å². The predicted molar refractivity (Wildman–Crippen MR) is 173 cm³/mol. The number of aryl methyl sites for hydroxylation is 2. The van der Waals surface area contributed by atoms with Gasteiger partial charge in [-0.25, -0.2) is 4.79 Å². The molecule has 13 heteroatoms. The lowest BCUT2D eigenvalue weighted by molar-refractivity contribution is -0.384.